The van der Waals surface area contributed by atoms with E-state index in [4.69, 9.17) is 18.9 Å². The number of ether oxygens (including phenoxy) is 4. The average molecular weight is 701 g/mol. The first kappa shape index (κ1) is 35.8. The summed E-state index contributed by atoms with van der Waals surface area (Å²) in [7, 11) is 3.42. The predicted octanol–water partition coefficient (Wildman–Crippen LogP) is 10.2. The van der Waals surface area contributed by atoms with Crippen molar-refractivity contribution >= 4 is 11.9 Å². The number of benzene rings is 4. The molecule has 272 valence electrons. The first-order chi connectivity index (χ1) is 25.2. The average Bonchev–Trinajstić information content (AvgIpc) is 3.16. The van der Waals surface area contributed by atoms with Crippen molar-refractivity contribution in [1.82, 2.24) is 0 Å². The number of methoxy groups -OCH3 is 2. The van der Waals surface area contributed by atoms with Crippen molar-refractivity contribution in [3.05, 3.63) is 119 Å². The van der Waals surface area contributed by atoms with Crippen LogP contribution >= 0.6 is 0 Å². The Hall–Kier alpha value is -4.58. The highest BCUT2D eigenvalue weighted by Crippen LogP contribution is 2.65. The Bertz CT molecular complexity index is 1790. The minimum Gasteiger partial charge on any atom is -0.497 e. The van der Waals surface area contributed by atoms with Crippen LogP contribution in [0.1, 0.15) is 100 Å². The van der Waals surface area contributed by atoms with Gasteiger partial charge in [0, 0.05) is 24.7 Å². The molecule has 0 spiro atoms. The molecule has 4 bridgehead atoms. The van der Waals surface area contributed by atoms with Crippen molar-refractivity contribution in [2.75, 3.05) is 14.2 Å². The Kier molecular flexibility index (Phi) is 10.5. The largest absolute Gasteiger partial charge is 0.497 e. The van der Waals surface area contributed by atoms with Crippen LogP contribution in [0.2, 0.25) is 0 Å². The van der Waals surface area contributed by atoms with Gasteiger partial charge in [-0.25, -0.2) is 0 Å². The Morgan fingerprint density at radius 2 is 0.827 bits per heavy atom. The molecule has 52 heavy (non-hydrogen) atoms. The SMILES string of the molecule is COc1ccc(C2(c3ccc(OC(C)=O)cc3)C3CC4CC(C3)CC2C4)cc1.COc1ccc(C2(c3ccc(OC(C)=O)cc3)CCCCC2)cc1. The third-order valence-corrected chi connectivity index (χ3v) is 12.6. The third kappa shape index (κ3) is 6.97. The third-order valence-electron chi connectivity index (χ3n) is 12.6. The van der Waals surface area contributed by atoms with Gasteiger partial charge < -0.3 is 18.9 Å². The van der Waals surface area contributed by atoms with E-state index < -0.39 is 0 Å². The highest BCUT2D eigenvalue weighted by Gasteiger charge is 2.58. The molecule has 0 aromatic heterocycles. The van der Waals surface area contributed by atoms with Crippen LogP contribution in [0, 0.1) is 23.7 Å². The highest BCUT2D eigenvalue weighted by atomic mass is 16.5. The van der Waals surface area contributed by atoms with Gasteiger partial charge in [-0.3, -0.25) is 9.59 Å². The summed E-state index contributed by atoms with van der Waals surface area (Å²) >= 11 is 0. The molecule has 0 saturated heterocycles. The van der Waals surface area contributed by atoms with Crippen molar-refractivity contribution in [3.63, 3.8) is 0 Å². The summed E-state index contributed by atoms with van der Waals surface area (Å²) in [6, 6.07) is 33.6. The molecule has 9 rings (SSSR count). The highest BCUT2D eigenvalue weighted by molar-refractivity contribution is 5.69. The van der Waals surface area contributed by atoms with Crippen LogP contribution in [-0.2, 0) is 20.4 Å². The van der Waals surface area contributed by atoms with Gasteiger partial charge in [0.25, 0.3) is 0 Å². The maximum atomic E-state index is 11.3. The van der Waals surface area contributed by atoms with E-state index in [1.807, 2.05) is 36.4 Å². The lowest BCUT2D eigenvalue weighted by Crippen LogP contribution is -2.56. The number of hydrogen-bond acceptors (Lipinski definition) is 6. The maximum absolute atomic E-state index is 11.3. The second kappa shape index (κ2) is 15.2. The number of esters is 2. The fourth-order valence-electron chi connectivity index (χ4n) is 10.7. The quantitative estimate of drug-likeness (QED) is 0.135. The Labute approximate surface area is 308 Å². The smallest absolute Gasteiger partial charge is 0.308 e. The Morgan fingerprint density at radius 1 is 0.481 bits per heavy atom. The van der Waals surface area contributed by atoms with Crippen LogP contribution < -0.4 is 18.9 Å². The number of carbonyl (C=O) groups is 2. The van der Waals surface area contributed by atoms with Gasteiger partial charge in [-0.1, -0.05) is 67.8 Å². The van der Waals surface area contributed by atoms with Crippen LogP contribution in [0.5, 0.6) is 23.0 Å². The first-order valence-electron chi connectivity index (χ1n) is 19.1. The molecule has 4 aromatic rings. The fourth-order valence-corrected chi connectivity index (χ4v) is 10.7. The van der Waals surface area contributed by atoms with Gasteiger partial charge in [0.1, 0.15) is 23.0 Å². The monoisotopic (exact) mass is 700 g/mol. The fraction of sp³-hybridized carbons (Fsp3) is 0.435. The van der Waals surface area contributed by atoms with Gasteiger partial charge >= 0.3 is 11.9 Å². The molecular formula is C46H52O6. The van der Waals surface area contributed by atoms with Crippen molar-refractivity contribution in [2.45, 2.75) is 88.9 Å². The minimum atomic E-state index is -0.287. The molecule has 5 fully saturated rings. The summed E-state index contributed by atoms with van der Waals surface area (Å²) in [5.41, 5.74) is 5.53. The zero-order valence-electron chi connectivity index (χ0n) is 31.1. The van der Waals surface area contributed by atoms with Gasteiger partial charge in [0.2, 0.25) is 0 Å². The molecule has 6 nitrogen and oxygen atoms in total. The van der Waals surface area contributed by atoms with Crippen molar-refractivity contribution in [3.8, 4) is 23.0 Å². The number of carbonyl (C=O) groups excluding carboxylic acids is 2. The summed E-state index contributed by atoms with van der Waals surface area (Å²) in [6.07, 6.45) is 12.8. The van der Waals surface area contributed by atoms with E-state index >= 15 is 0 Å². The number of hydrogen-bond donors (Lipinski definition) is 0. The van der Waals surface area contributed by atoms with Crippen LogP contribution in [0.15, 0.2) is 97.1 Å². The van der Waals surface area contributed by atoms with Gasteiger partial charge in [0.05, 0.1) is 14.2 Å². The molecule has 0 heterocycles. The zero-order chi connectivity index (χ0) is 36.3. The van der Waals surface area contributed by atoms with Crippen LogP contribution in [-0.4, -0.2) is 26.2 Å². The Balaban J connectivity index is 0.000000164. The summed E-state index contributed by atoms with van der Waals surface area (Å²) < 4.78 is 21.2. The van der Waals surface area contributed by atoms with Gasteiger partial charge in [0.15, 0.2) is 0 Å². The minimum absolute atomic E-state index is 0.0409. The summed E-state index contributed by atoms with van der Waals surface area (Å²) in [5.74, 6) is 5.68. The molecule has 4 aromatic carbocycles. The van der Waals surface area contributed by atoms with E-state index in [0.717, 1.165) is 36.2 Å². The lowest BCUT2D eigenvalue weighted by Gasteiger charge is -2.62. The molecule has 0 N–H and O–H groups in total. The normalized spacial score (nSPS) is 25.3. The maximum Gasteiger partial charge on any atom is 0.308 e. The van der Waals surface area contributed by atoms with E-state index in [1.165, 1.54) is 87.5 Å². The molecule has 6 heteroatoms. The molecule has 0 unspecified atom stereocenters. The van der Waals surface area contributed by atoms with E-state index in [-0.39, 0.29) is 22.8 Å². The lowest BCUT2D eigenvalue weighted by molar-refractivity contribution is -0.132. The predicted molar refractivity (Wildman–Crippen MR) is 203 cm³/mol. The molecule has 0 aliphatic heterocycles. The second-order valence-corrected chi connectivity index (χ2v) is 15.5. The molecule has 0 atom stereocenters. The van der Waals surface area contributed by atoms with E-state index in [0.29, 0.717) is 23.3 Å². The zero-order valence-corrected chi connectivity index (χ0v) is 31.1. The molecule has 5 aliphatic carbocycles. The molecular weight excluding hydrogens is 649 g/mol. The molecule has 5 saturated carbocycles. The topological polar surface area (TPSA) is 71.1 Å². The summed E-state index contributed by atoms with van der Waals surface area (Å²) in [5, 5.41) is 0. The van der Waals surface area contributed by atoms with Gasteiger partial charge in [-0.05, 0) is 139 Å². The second-order valence-electron chi connectivity index (χ2n) is 15.5. The van der Waals surface area contributed by atoms with Gasteiger partial charge in [-0.2, -0.15) is 0 Å². The van der Waals surface area contributed by atoms with E-state index in [1.54, 1.807) is 14.2 Å². The number of rotatable bonds is 8. The van der Waals surface area contributed by atoms with Crippen molar-refractivity contribution in [2.24, 2.45) is 23.7 Å². The van der Waals surface area contributed by atoms with Crippen molar-refractivity contribution in [1.29, 1.82) is 0 Å². The molecule has 0 radical (unpaired) electrons. The summed E-state index contributed by atoms with van der Waals surface area (Å²) in [6.45, 7) is 2.87. The summed E-state index contributed by atoms with van der Waals surface area (Å²) in [4.78, 5) is 22.4. The van der Waals surface area contributed by atoms with Gasteiger partial charge in [-0.15, -0.1) is 0 Å². The lowest BCUT2D eigenvalue weighted by atomic mass is 9.42. The van der Waals surface area contributed by atoms with E-state index in [9.17, 15) is 9.59 Å². The van der Waals surface area contributed by atoms with Crippen LogP contribution in [0.3, 0.4) is 0 Å². The van der Waals surface area contributed by atoms with Crippen molar-refractivity contribution < 1.29 is 28.5 Å². The molecule has 5 aliphatic rings. The first-order valence-corrected chi connectivity index (χ1v) is 19.1. The van der Waals surface area contributed by atoms with Crippen LogP contribution in [0.25, 0.3) is 0 Å². The standard InChI is InChI=1S/C25H28O3.C21H24O3/c1-16(26)28-24-9-5-20(6-10-24)25(19-3-7-23(27-2)8-4-19)21-12-17-11-18(14-21)15-22(25)13-17;1-16(22)24-20-12-8-18(9-13-20)21(14-4-3-5-15-21)17-6-10-19(23-2)11-7-17/h3-10,17-18,21-22H,11-15H2,1-2H3;6-13H,3-5,14-15H2,1-2H3. The Morgan fingerprint density at radius 3 is 1.17 bits per heavy atom. The van der Waals surface area contributed by atoms with E-state index in [2.05, 4.69) is 60.7 Å². The molecule has 0 amide bonds. The van der Waals surface area contributed by atoms with Crippen LogP contribution in [0.4, 0.5) is 0 Å².